The molecule has 0 radical (unpaired) electrons. The van der Waals surface area contributed by atoms with Crippen LogP contribution in [0.15, 0.2) is 34.7 Å². The minimum Gasteiger partial charge on any atom is -0.479 e. The number of aryl methyl sites for hydroxylation is 3. The Morgan fingerprint density at radius 3 is 2.69 bits per heavy atom. The molecule has 152 valence electrons. The molecule has 0 fully saturated rings. The van der Waals surface area contributed by atoms with E-state index in [1.54, 1.807) is 35.9 Å². The van der Waals surface area contributed by atoms with Gasteiger partial charge in [-0.1, -0.05) is 6.07 Å². The van der Waals surface area contributed by atoms with Crippen molar-refractivity contribution in [1.82, 2.24) is 15.1 Å². The van der Waals surface area contributed by atoms with Crippen LogP contribution >= 0.6 is 0 Å². The molecule has 3 aromatic rings. The third-order valence-corrected chi connectivity index (χ3v) is 4.65. The number of rotatable bonds is 7. The number of benzene rings is 1. The minimum absolute atomic E-state index is 0.0298. The van der Waals surface area contributed by atoms with E-state index in [-0.39, 0.29) is 29.7 Å². The second-order valence-corrected chi connectivity index (χ2v) is 6.74. The zero-order valence-electron chi connectivity index (χ0n) is 16.7. The highest BCUT2D eigenvalue weighted by Crippen LogP contribution is 2.28. The number of nitrogens with one attached hydrogen (secondary N) is 1. The molecular weight excluding hydrogens is 376 g/mol. The van der Waals surface area contributed by atoms with E-state index in [4.69, 9.17) is 9.15 Å². The van der Waals surface area contributed by atoms with Crippen LogP contribution in [-0.4, -0.2) is 20.6 Å². The van der Waals surface area contributed by atoms with Gasteiger partial charge >= 0.3 is 5.69 Å². The van der Waals surface area contributed by atoms with Crippen molar-refractivity contribution < 1.29 is 18.9 Å². The molecule has 1 N–H and O–H groups in total. The number of carbonyl (C=O) groups excluding carboxylic acids is 1. The lowest BCUT2D eigenvalue weighted by Gasteiger charge is -2.06. The van der Waals surface area contributed by atoms with Crippen LogP contribution in [0.25, 0.3) is 0 Å². The highest BCUT2D eigenvalue weighted by Gasteiger charge is 2.17. The van der Waals surface area contributed by atoms with Crippen molar-refractivity contribution in [3.63, 3.8) is 0 Å². The maximum absolute atomic E-state index is 12.4. The van der Waals surface area contributed by atoms with Gasteiger partial charge in [0.15, 0.2) is 11.5 Å². The highest BCUT2D eigenvalue weighted by molar-refractivity contribution is 5.91. The number of ether oxygens (including phenoxy) is 1. The van der Waals surface area contributed by atoms with E-state index in [0.717, 1.165) is 22.5 Å². The van der Waals surface area contributed by atoms with Crippen LogP contribution in [0.3, 0.4) is 0 Å². The molecule has 0 spiro atoms. The molecule has 0 aliphatic carbocycles. The summed E-state index contributed by atoms with van der Waals surface area (Å²) in [7, 11) is 1.85. The molecule has 9 heteroatoms. The summed E-state index contributed by atoms with van der Waals surface area (Å²) in [5, 5.41) is 18.3. The molecule has 2 heterocycles. The summed E-state index contributed by atoms with van der Waals surface area (Å²) < 4.78 is 12.8. The Bertz CT molecular complexity index is 1070. The first-order valence-corrected chi connectivity index (χ1v) is 9.00. The monoisotopic (exact) mass is 398 g/mol. The molecule has 1 aromatic carbocycles. The normalized spacial score (nSPS) is 10.8. The van der Waals surface area contributed by atoms with Crippen molar-refractivity contribution in [2.75, 3.05) is 0 Å². The fourth-order valence-electron chi connectivity index (χ4n) is 2.95. The molecule has 2 aromatic heterocycles. The van der Waals surface area contributed by atoms with E-state index in [9.17, 15) is 14.9 Å². The first-order valence-electron chi connectivity index (χ1n) is 9.00. The van der Waals surface area contributed by atoms with E-state index in [1.807, 2.05) is 20.9 Å². The Morgan fingerprint density at radius 1 is 1.28 bits per heavy atom. The van der Waals surface area contributed by atoms with Gasteiger partial charge in [0.2, 0.25) is 0 Å². The van der Waals surface area contributed by atoms with Crippen LogP contribution in [-0.2, 0) is 20.2 Å². The van der Waals surface area contributed by atoms with Crippen LogP contribution in [0.2, 0.25) is 0 Å². The van der Waals surface area contributed by atoms with Crippen LogP contribution in [0.1, 0.15) is 38.8 Å². The number of nitrogens with zero attached hydrogens (tertiary/aromatic N) is 3. The number of carbonyl (C=O) groups is 1. The third-order valence-electron chi connectivity index (χ3n) is 4.65. The molecule has 0 bridgehead atoms. The summed E-state index contributed by atoms with van der Waals surface area (Å²) in [6, 6.07) is 7.86. The van der Waals surface area contributed by atoms with Gasteiger partial charge in [-0.05, 0) is 44.5 Å². The average molecular weight is 398 g/mol. The van der Waals surface area contributed by atoms with Crippen LogP contribution in [0.4, 0.5) is 5.69 Å². The molecule has 0 aliphatic heterocycles. The van der Waals surface area contributed by atoms with Crippen molar-refractivity contribution in [3.05, 3.63) is 74.5 Å². The van der Waals surface area contributed by atoms with Gasteiger partial charge in [-0.15, -0.1) is 0 Å². The summed E-state index contributed by atoms with van der Waals surface area (Å²) >= 11 is 0. The van der Waals surface area contributed by atoms with Crippen molar-refractivity contribution in [3.8, 4) is 5.75 Å². The molecule has 0 atom stereocenters. The van der Waals surface area contributed by atoms with Crippen molar-refractivity contribution in [2.24, 2.45) is 7.05 Å². The van der Waals surface area contributed by atoms with E-state index < -0.39 is 4.92 Å². The van der Waals surface area contributed by atoms with Gasteiger partial charge in [-0.25, -0.2) is 0 Å². The Morgan fingerprint density at radius 2 is 2.03 bits per heavy atom. The first kappa shape index (κ1) is 20.1. The predicted octanol–water partition coefficient (Wildman–Crippen LogP) is 3.36. The Labute approximate surface area is 167 Å². The Balaban J connectivity index is 1.62. The standard InChI is InChI=1S/C20H22N4O5/c1-12-5-7-18(17(9-12)24(26)27)28-11-15-6-8-19(29-15)20(25)21-10-16-13(2)22-23(4)14(16)3/h5-9H,10-11H2,1-4H3,(H,21,25). The Kier molecular flexibility index (Phi) is 5.67. The second kappa shape index (κ2) is 8.17. The molecule has 0 unspecified atom stereocenters. The summed E-state index contributed by atoms with van der Waals surface area (Å²) in [5.41, 5.74) is 3.45. The number of amides is 1. The van der Waals surface area contributed by atoms with Gasteiger partial charge in [0, 0.05) is 30.9 Å². The van der Waals surface area contributed by atoms with Gasteiger partial charge in [-0.3, -0.25) is 19.6 Å². The quantitative estimate of drug-likeness (QED) is 0.482. The van der Waals surface area contributed by atoms with Crippen LogP contribution < -0.4 is 10.1 Å². The van der Waals surface area contributed by atoms with E-state index in [0.29, 0.717) is 12.3 Å². The zero-order chi connectivity index (χ0) is 21.1. The predicted molar refractivity (Wildman–Crippen MR) is 105 cm³/mol. The molecular formula is C20H22N4O5. The van der Waals surface area contributed by atoms with Gasteiger partial charge in [0.1, 0.15) is 12.4 Å². The van der Waals surface area contributed by atoms with Gasteiger partial charge in [0.25, 0.3) is 5.91 Å². The van der Waals surface area contributed by atoms with E-state index in [2.05, 4.69) is 10.4 Å². The number of hydrogen-bond acceptors (Lipinski definition) is 6. The molecule has 0 aliphatic rings. The smallest absolute Gasteiger partial charge is 0.311 e. The summed E-state index contributed by atoms with van der Waals surface area (Å²) in [6.45, 7) is 5.91. The molecule has 3 rings (SSSR count). The first-order chi connectivity index (χ1) is 13.8. The Hall–Kier alpha value is -3.62. The molecule has 1 amide bonds. The van der Waals surface area contributed by atoms with Gasteiger partial charge in [-0.2, -0.15) is 5.10 Å². The van der Waals surface area contributed by atoms with Gasteiger partial charge < -0.3 is 14.5 Å². The number of aromatic nitrogens is 2. The summed E-state index contributed by atoms with van der Waals surface area (Å²) in [5.74, 6) is 0.311. The fraction of sp³-hybridized carbons (Fsp3) is 0.300. The number of nitro groups is 1. The lowest BCUT2D eigenvalue weighted by molar-refractivity contribution is -0.386. The van der Waals surface area contributed by atoms with Crippen LogP contribution in [0.5, 0.6) is 5.75 Å². The van der Waals surface area contributed by atoms with Crippen molar-refractivity contribution >= 4 is 11.6 Å². The summed E-state index contributed by atoms with van der Waals surface area (Å²) in [4.78, 5) is 23.0. The molecule has 29 heavy (non-hydrogen) atoms. The van der Waals surface area contributed by atoms with Gasteiger partial charge in [0.05, 0.1) is 10.6 Å². The second-order valence-electron chi connectivity index (χ2n) is 6.74. The number of nitro benzene ring substituents is 1. The maximum atomic E-state index is 12.4. The van der Waals surface area contributed by atoms with Crippen molar-refractivity contribution in [1.29, 1.82) is 0 Å². The number of hydrogen-bond donors (Lipinski definition) is 1. The average Bonchev–Trinajstić information content (AvgIpc) is 3.24. The number of furan rings is 1. The van der Waals surface area contributed by atoms with E-state index >= 15 is 0 Å². The lowest BCUT2D eigenvalue weighted by atomic mass is 10.2. The molecule has 0 saturated carbocycles. The topological polar surface area (TPSA) is 112 Å². The minimum atomic E-state index is -0.494. The van der Waals surface area contributed by atoms with Crippen molar-refractivity contribution in [2.45, 2.75) is 33.9 Å². The van der Waals surface area contributed by atoms with E-state index in [1.165, 1.54) is 6.07 Å². The SMILES string of the molecule is Cc1ccc(OCc2ccc(C(=O)NCc3c(C)nn(C)c3C)o2)c([N+](=O)[O-])c1. The molecule has 9 nitrogen and oxygen atoms in total. The molecule has 0 saturated heterocycles. The van der Waals surface area contributed by atoms with Crippen LogP contribution in [0, 0.1) is 30.9 Å². The maximum Gasteiger partial charge on any atom is 0.311 e. The fourth-order valence-corrected chi connectivity index (χ4v) is 2.95. The largest absolute Gasteiger partial charge is 0.479 e. The third kappa shape index (κ3) is 4.45. The highest BCUT2D eigenvalue weighted by atomic mass is 16.6. The lowest BCUT2D eigenvalue weighted by Crippen LogP contribution is -2.23. The zero-order valence-corrected chi connectivity index (χ0v) is 16.7. The summed E-state index contributed by atoms with van der Waals surface area (Å²) in [6.07, 6.45) is 0.